The molecule has 31 heavy (non-hydrogen) atoms. The summed E-state index contributed by atoms with van der Waals surface area (Å²) in [6.45, 7) is 2.56. The van der Waals surface area contributed by atoms with Crippen LogP contribution in [0.5, 0.6) is 0 Å². The summed E-state index contributed by atoms with van der Waals surface area (Å²) in [4.78, 5) is 20.7. The van der Waals surface area contributed by atoms with Crippen molar-refractivity contribution in [2.24, 2.45) is 0 Å². The smallest absolute Gasteiger partial charge is 0.253 e. The van der Waals surface area contributed by atoms with Crippen LogP contribution in [-0.2, 0) is 0 Å². The number of likely N-dealkylation sites (tertiary alicyclic amines) is 1. The number of β-amino-alcohol motifs (C(OH)–C–C–N with tert-alkyl or cyclic N) is 1. The third-order valence-electron chi connectivity index (χ3n) is 5.81. The van der Waals surface area contributed by atoms with Gasteiger partial charge in [0.2, 0.25) is 0 Å². The number of carbonyl (C=O) groups excluding carboxylic acids is 1. The van der Waals surface area contributed by atoms with E-state index in [1.54, 1.807) is 29.3 Å². The van der Waals surface area contributed by atoms with Gasteiger partial charge in [-0.15, -0.1) is 0 Å². The van der Waals surface area contributed by atoms with E-state index in [1.807, 2.05) is 12.1 Å². The topological polar surface area (TPSA) is 76.9 Å². The molecule has 1 atom stereocenters. The van der Waals surface area contributed by atoms with Gasteiger partial charge < -0.3 is 20.0 Å². The van der Waals surface area contributed by atoms with Gasteiger partial charge in [-0.2, -0.15) is 0 Å². The number of aliphatic hydroxyl groups is 2. The Bertz CT molecular complexity index is 991. The van der Waals surface area contributed by atoms with E-state index >= 15 is 0 Å². The number of anilines is 1. The maximum absolute atomic E-state index is 12.6. The SMILES string of the molecule is O=C(c1ccc(C#Cc2cnc(Cl)cc2N2CCC[C@H](O)C2)cc1)N1CCC(O)CC1. The number of benzene rings is 1. The summed E-state index contributed by atoms with van der Waals surface area (Å²) >= 11 is 6.11. The zero-order valence-corrected chi connectivity index (χ0v) is 18.1. The standard InChI is InChI=1S/C24H26ClN3O3/c25-23-14-22(28-11-1-2-21(30)16-28)19(15-26-23)8-5-17-3-6-18(7-4-17)24(31)27-12-9-20(29)10-13-27/h3-4,6-7,14-15,20-21,29-30H,1-2,9-13,16H2/t21-/m0/s1. The number of nitrogens with zero attached hydrogens (tertiary/aromatic N) is 3. The highest BCUT2D eigenvalue weighted by atomic mass is 35.5. The third-order valence-corrected chi connectivity index (χ3v) is 6.02. The summed E-state index contributed by atoms with van der Waals surface area (Å²) in [6.07, 6.45) is 3.98. The average molecular weight is 440 g/mol. The fourth-order valence-corrected chi connectivity index (χ4v) is 4.19. The van der Waals surface area contributed by atoms with Crippen LogP contribution in [-0.4, -0.2) is 64.4 Å². The highest BCUT2D eigenvalue weighted by molar-refractivity contribution is 6.29. The Balaban J connectivity index is 1.49. The molecule has 0 bridgehead atoms. The van der Waals surface area contributed by atoms with Gasteiger partial charge in [0.15, 0.2) is 0 Å². The molecular formula is C24H26ClN3O3. The minimum atomic E-state index is -0.352. The molecular weight excluding hydrogens is 414 g/mol. The molecule has 1 aromatic carbocycles. The van der Waals surface area contributed by atoms with Crippen LogP contribution in [0, 0.1) is 11.8 Å². The summed E-state index contributed by atoms with van der Waals surface area (Å²) in [7, 11) is 0. The van der Waals surface area contributed by atoms with Crippen molar-refractivity contribution in [2.75, 3.05) is 31.1 Å². The molecule has 1 aromatic heterocycles. The van der Waals surface area contributed by atoms with Crippen LogP contribution in [0.3, 0.4) is 0 Å². The number of piperidine rings is 2. The molecule has 7 heteroatoms. The molecule has 0 unspecified atom stereocenters. The molecule has 3 heterocycles. The minimum absolute atomic E-state index is 0.0146. The highest BCUT2D eigenvalue weighted by Gasteiger charge is 2.22. The first-order valence-electron chi connectivity index (χ1n) is 10.7. The molecule has 2 fully saturated rings. The number of aliphatic hydroxyl groups excluding tert-OH is 2. The van der Waals surface area contributed by atoms with Gasteiger partial charge in [0.25, 0.3) is 5.91 Å². The van der Waals surface area contributed by atoms with Crippen LogP contribution in [0.15, 0.2) is 36.5 Å². The van der Waals surface area contributed by atoms with Crippen molar-refractivity contribution < 1.29 is 15.0 Å². The summed E-state index contributed by atoms with van der Waals surface area (Å²) in [5.41, 5.74) is 3.05. The van der Waals surface area contributed by atoms with Crippen LogP contribution >= 0.6 is 11.6 Å². The zero-order valence-electron chi connectivity index (χ0n) is 17.3. The van der Waals surface area contributed by atoms with E-state index in [9.17, 15) is 15.0 Å². The number of rotatable bonds is 2. The molecule has 2 N–H and O–H groups in total. The van der Waals surface area contributed by atoms with E-state index in [4.69, 9.17) is 11.6 Å². The summed E-state index contributed by atoms with van der Waals surface area (Å²) < 4.78 is 0. The Labute approximate surface area is 187 Å². The first-order valence-corrected chi connectivity index (χ1v) is 11.1. The molecule has 1 amide bonds. The monoisotopic (exact) mass is 439 g/mol. The van der Waals surface area contributed by atoms with Gasteiger partial charge in [0.1, 0.15) is 5.15 Å². The zero-order chi connectivity index (χ0) is 21.8. The summed E-state index contributed by atoms with van der Waals surface area (Å²) in [5, 5.41) is 20.0. The lowest BCUT2D eigenvalue weighted by atomic mass is 10.1. The van der Waals surface area contributed by atoms with E-state index in [2.05, 4.69) is 21.7 Å². The average Bonchev–Trinajstić information content (AvgIpc) is 2.78. The van der Waals surface area contributed by atoms with Gasteiger partial charge in [0.05, 0.1) is 23.5 Å². The minimum Gasteiger partial charge on any atom is -0.393 e. The van der Waals surface area contributed by atoms with Gasteiger partial charge in [-0.3, -0.25) is 4.79 Å². The van der Waals surface area contributed by atoms with Crippen molar-refractivity contribution in [1.29, 1.82) is 0 Å². The largest absolute Gasteiger partial charge is 0.393 e. The second-order valence-electron chi connectivity index (χ2n) is 8.12. The maximum atomic E-state index is 12.6. The molecule has 6 nitrogen and oxygen atoms in total. The first-order chi connectivity index (χ1) is 15.0. The van der Waals surface area contributed by atoms with Crippen molar-refractivity contribution in [1.82, 2.24) is 9.88 Å². The molecule has 2 aliphatic heterocycles. The van der Waals surface area contributed by atoms with Crippen LogP contribution in [0.2, 0.25) is 5.15 Å². The maximum Gasteiger partial charge on any atom is 0.253 e. The van der Waals surface area contributed by atoms with Crippen molar-refractivity contribution >= 4 is 23.2 Å². The lowest BCUT2D eigenvalue weighted by Gasteiger charge is -2.32. The lowest BCUT2D eigenvalue weighted by molar-refractivity contribution is 0.0546. The predicted octanol–water partition coefficient (Wildman–Crippen LogP) is 2.69. The number of hydrogen-bond acceptors (Lipinski definition) is 5. The van der Waals surface area contributed by atoms with Gasteiger partial charge in [0, 0.05) is 49.6 Å². The third kappa shape index (κ3) is 5.37. The van der Waals surface area contributed by atoms with Crippen LogP contribution in [0.4, 0.5) is 5.69 Å². The van der Waals surface area contributed by atoms with E-state index in [-0.39, 0.29) is 18.1 Å². The molecule has 0 saturated carbocycles. The van der Waals surface area contributed by atoms with Crippen LogP contribution in [0.25, 0.3) is 0 Å². The van der Waals surface area contributed by atoms with Crippen LogP contribution < -0.4 is 4.90 Å². The first kappa shape index (κ1) is 21.6. The number of carbonyl (C=O) groups is 1. The van der Waals surface area contributed by atoms with E-state index < -0.39 is 0 Å². The molecule has 2 saturated heterocycles. The van der Waals surface area contributed by atoms with Gasteiger partial charge in [-0.25, -0.2) is 4.98 Å². The van der Waals surface area contributed by atoms with Gasteiger partial charge >= 0.3 is 0 Å². The van der Waals surface area contributed by atoms with Crippen molar-refractivity contribution in [3.05, 3.63) is 58.4 Å². The second kappa shape index (κ2) is 9.69. The predicted molar refractivity (Wildman–Crippen MR) is 120 cm³/mol. The summed E-state index contributed by atoms with van der Waals surface area (Å²) in [6, 6.07) is 9.05. The Kier molecular flexibility index (Phi) is 6.77. The van der Waals surface area contributed by atoms with E-state index in [1.165, 1.54) is 0 Å². The van der Waals surface area contributed by atoms with E-state index in [0.717, 1.165) is 36.2 Å². The Morgan fingerprint density at radius 2 is 1.77 bits per heavy atom. The number of pyridine rings is 1. The summed E-state index contributed by atoms with van der Waals surface area (Å²) in [5.74, 6) is 6.30. The Hall–Kier alpha value is -2.59. The Morgan fingerprint density at radius 1 is 1.03 bits per heavy atom. The van der Waals surface area contributed by atoms with Crippen LogP contribution in [0.1, 0.15) is 47.2 Å². The fraction of sp³-hybridized carbons (Fsp3) is 0.417. The van der Waals surface area contributed by atoms with Crippen molar-refractivity contribution in [3.8, 4) is 11.8 Å². The number of hydrogen-bond donors (Lipinski definition) is 2. The van der Waals surface area contributed by atoms with Crippen molar-refractivity contribution in [3.63, 3.8) is 0 Å². The second-order valence-corrected chi connectivity index (χ2v) is 8.50. The molecule has 0 spiro atoms. The molecule has 162 valence electrons. The molecule has 4 rings (SSSR count). The van der Waals surface area contributed by atoms with E-state index in [0.29, 0.717) is 43.2 Å². The normalized spacial score (nSPS) is 19.6. The molecule has 2 aliphatic rings. The van der Waals surface area contributed by atoms with Gasteiger partial charge in [-0.05, 0) is 49.9 Å². The fourth-order valence-electron chi connectivity index (χ4n) is 4.04. The Morgan fingerprint density at radius 3 is 2.48 bits per heavy atom. The van der Waals surface area contributed by atoms with Crippen molar-refractivity contribution in [2.45, 2.75) is 37.9 Å². The lowest BCUT2D eigenvalue weighted by Crippen LogP contribution is -2.40. The highest BCUT2D eigenvalue weighted by Crippen LogP contribution is 2.26. The van der Waals surface area contributed by atoms with Gasteiger partial charge in [-0.1, -0.05) is 23.4 Å². The number of amides is 1. The molecule has 0 radical (unpaired) electrons. The quantitative estimate of drug-likeness (QED) is 0.555. The number of aromatic nitrogens is 1. The number of halogens is 1. The molecule has 0 aliphatic carbocycles. The molecule has 2 aromatic rings.